The van der Waals surface area contributed by atoms with Crippen LogP contribution in [0, 0.1) is 24.7 Å². The van der Waals surface area contributed by atoms with Crippen molar-refractivity contribution in [3.63, 3.8) is 0 Å². The number of nitrogens with one attached hydrogen (secondary N) is 1. The number of likely N-dealkylation sites (tertiary alicyclic amines) is 1. The van der Waals surface area contributed by atoms with Gasteiger partial charge in [0, 0.05) is 79.5 Å². The van der Waals surface area contributed by atoms with Gasteiger partial charge in [-0.1, -0.05) is 43.9 Å². The molecule has 5 aliphatic rings. The second-order valence-electron chi connectivity index (χ2n) is 21.5. The normalized spacial score (nSPS) is 30.7. The molecule has 13 nitrogen and oxygen atoms in total. The second-order valence-corrected chi connectivity index (χ2v) is 23.3. The maximum Gasteiger partial charge on any atom is 0.410 e. The van der Waals surface area contributed by atoms with E-state index in [1.807, 2.05) is 45.9 Å². The minimum absolute atomic E-state index is 0.0394. The zero-order valence-electron chi connectivity index (χ0n) is 43.1. The van der Waals surface area contributed by atoms with Crippen molar-refractivity contribution in [1.29, 1.82) is 0 Å². The van der Waals surface area contributed by atoms with Gasteiger partial charge in [0.25, 0.3) is 0 Å². The van der Waals surface area contributed by atoms with E-state index in [4.69, 9.17) is 26.8 Å². The third-order valence-corrected chi connectivity index (χ3v) is 16.9. The van der Waals surface area contributed by atoms with Gasteiger partial charge in [0.15, 0.2) is 0 Å². The van der Waals surface area contributed by atoms with E-state index in [9.17, 15) is 24.0 Å². The van der Waals surface area contributed by atoms with Gasteiger partial charge in [-0.2, -0.15) is 0 Å². The van der Waals surface area contributed by atoms with Crippen LogP contribution in [-0.4, -0.2) is 124 Å². The average molecular weight is 990 g/mol. The molecular formula is C54H79N5O8S2. The zero-order valence-corrected chi connectivity index (χ0v) is 44.8. The van der Waals surface area contributed by atoms with E-state index in [1.165, 1.54) is 16.7 Å². The Kier molecular flexibility index (Phi) is 17.6. The molecule has 4 fully saturated rings. The first-order valence-corrected chi connectivity index (χ1v) is 26.5. The zero-order chi connectivity index (χ0) is 50.7. The number of carbonyl (C=O) groups excluding carboxylic acids is 5. The molecule has 380 valence electrons. The number of amides is 4. The molecule has 4 amide bonds. The molecule has 1 aromatic rings. The Morgan fingerprint density at radius 1 is 1.09 bits per heavy atom. The molecule has 4 bridgehead atoms. The topological polar surface area (TPSA) is 141 Å². The Morgan fingerprint density at radius 2 is 1.78 bits per heavy atom. The third-order valence-electron chi connectivity index (χ3n) is 15.2. The Hall–Kier alpha value is -4.21. The van der Waals surface area contributed by atoms with E-state index >= 15 is 0 Å². The Labute approximate surface area is 421 Å². The number of hydrogen-bond acceptors (Lipinski definition) is 12. The lowest BCUT2D eigenvalue weighted by Gasteiger charge is -2.40. The standard InChI is InChI=1S/C54H79N5O8S2/c1-14-58-41-18-16-15-17-32(2)25-39-26-42(34(4)44(68)27-39)57(13)47(60)30-46(54(11)49(67-54)35(5)43(28-41)65-52(58)64)66-51(63)37(7)56(12)33(3)23-24-69-45-29-48(61)59(50(45)62)31-38-19-21-40(22-20-38)36(6)55-53(8,9)10/h15-17,26-27,35,37-38,40-41,43,45-46,49,55,68H,3,6,14,18-25,28-31H2,1-2,4-5,7-13H3/b16-15+,32-17+/t35-,37-,38?,40?,41?,43?,45?,46+,49?,54?/m1/s1. The highest BCUT2D eigenvalue weighted by Gasteiger charge is 2.64. The van der Waals surface area contributed by atoms with Gasteiger partial charge < -0.3 is 34.2 Å². The quantitative estimate of drug-likeness (QED) is 0.0846. The average Bonchev–Trinajstić information content (AvgIpc) is 3.92. The first kappa shape index (κ1) is 54.1. The smallest absolute Gasteiger partial charge is 0.410 e. The van der Waals surface area contributed by atoms with Crippen molar-refractivity contribution in [2.24, 2.45) is 17.8 Å². The molecule has 8 atom stereocenters. The van der Waals surface area contributed by atoms with E-state index in [1.54, 1.807) is 35.7 Å². The van der Waals surface area contributed by atoms with Gasteiger partial charge in [-0.15, -0.1) is 24.4 Å². The van der Waals surface area contributed by atoms with E-state index in [-0.39, 0.29) is 60.1 Å². The molecule has 3 saturated heterocycles. The number of benzene rings is 1. The van der Waals surface area contributed by atoms with Crippen molar-refractivity contribution in [2.45, 2.75) is 178 Å². The van der Waals surface area contributed by atoms with Crippen LogP contribution in [0.4, 0.5) is 10.5 Å². The summed E-state index contributed by atoms with van der Waals surface area (Å²) in [5.74, 6) is -0.0822. The molecule has 0 spiro atoms. The first-order valence-electron chi connectivity index (χ1n) is 25.0. The van der Waals surface area contributed by atoms with Crippen LogP contribution in [0.1, 0.15) is 124 Å². The van der Waals surface area contributed by atoms with Crippen LogP contribution in [0.5, 0.6) is 0 Å². The number of thioether (sulfide) groups is 1. The van der Waals surface area contributed by atoms with Crippen LogP contribution in [-0.2, 0) is 39.8 Å². The number of esters is 1. The fourth-order valence-electron chi connectivity index (χ4n) is 10.6. The van der Waals surface area contributed by atoms with Crippen molar-refractivity contribution in [3.05, 3.63) is 71.6 Å². The highest BCUT2D eigenvalue weighted by molar-refractivity contribution is 8.00. The number of fused-ring (bicyclic) bond motifs is 5. The number of ether oxygens (including phenoxy) is 3. The summed E-state index contributed by atoms with van der Waals surface area (Å²) in [5, 5.41) is 3.07. The molecule has 5 unspecified atom stereocenters. The minimum atomic E-state index is -1.05. The summed E-state index contributed by atoms with van der Waals surface area (Å²) < 4.78 is 18.9. The fourth-order valence-corrected chi connectivity index (χ4v) is 12.0. The largest absolute Gasteiger partial charge is 0.457 e. The molecule has 1 saturated carbocycles. The van der Waals surface area contributed by atoms with Gasteiger partial charge in [-0.05, 0) is 141 Å². The van der Waals surface area contributed by atoms with Crippen molar-refractivity contribution >= 4 is 59.9 Å². The van der Waals surface area contributed by atoms with E-state index < -0.39 is 41.2 Å². The lowest BCUT2D eigenvalue weighted by molar-refractivity contribution is -0.158. The highest BCUT2D eigenvalue weighted by atomic mass is 32.2. The van der Waals surface area contributed by atoms with Gasteiger partial charge >= 0.3 is 12.1 Å². The summed E-state index contributed by atoms with van der Waals surface area (Å²) >= 11 is 6.25. The predicted octanol–water partition coefficient (Wildman–Crippen LogP) is 9.18. The summed E-state index contributed by atoms with van der Waals surface area (Å²) in [6.07, 6.45) is 10.3. The van der Waals surface area contributed by atoms with E-state index in [0.29, 0.717) is 61.8 Å². The van der Waals surface area contributed by atoms with Crippen molar-refractivity contribution in [3.8, 4) is 0 Å². The molecule has 4 aliphatic heterocycles. The van der Waals surface area contributed by atoms with Crippen LogP contribution < -0.4 is 10.2 Å². The SMILES string of the molecule is C=C(NC(C)(C)C)C1CCC(CN2C(=O)CC(SCCC(=C)N(C)[C@H](C)C(=O)O[C@H]3CC(=O)N(C)c4cc(cc(S)c4C)C/C(C)=C/C=C/CC4CC(OC(=O)N4CC)[C@@H](C)C4OC43C)C2=O)CC1. The number of imide groups is 1. The highest BCUT2D eigenvalue weighted by Crippen LogP contribution is 2.49. The van der Waals surface area contributed by atoms with E-state index in [0.717, 1.165) is 53.0 Å². The maximum absolute atomic E-state index is 14.4. The van der Waals surface area contributed by atoms with Crippen LogP contribution in [0.25, 0.3) is 0 Å². The van der Waals surface area contributed by atoms with Crippen LogP contribution in [0.2, 0.25) is 0 Å². The summed E-state index contributed by atoms with van der Waals surface area (Å²) in [6.45, 7) is 27.5. The lowest BCUT2D eigenvalue weighted by Crippen LogP contribution is -2.51. The van der Waals surface area contributed by atoms with Crippen LogP contribution in [0.3, 0.4) is 0 Å². The molecular weight excluding hydrogens is 911 g/mol. The second kappa shape index (κ2) is 22.5. The number of thiol groups is 1. The van der Waals surface area contributed by atoms with Crippen LogP contribution >= 0.6 is 24.4 Å². The molecule has 69 heavy (non-hydrogen) atoms. The molecule has 0 radical (unpaired) electrons. The van der Waals surface area contributed by atoms with Gasteiger partial charge in [0.2, 0.25) is 17.7 Å². The Balaban J connectivity index is 1.10. The Morgan fingerprint density at radius 3 is 2.45 bits per heavy atom. The maximum atomic E-state index is 14.4. The molecule has 1 aromatic carbocycles. The third kappa shape index (κ3) is 13.0. The van der Waals surface area contributed by atoms with Crippen LogP contribution in [0.15, 0.2) is 65.4 Å². The summed E-state index contributed by atoms with van der Waals surface area (Å²) in [5.41, 5.74) is 4.36. The Bertz CT molecular complexity index is 2200. The minimum Gasteiger partial charge on any atom is -0.457 e. The first-order chi connectivity index (χ1) is 32.4. The number of nitrogens with zero attached hydrogens (tertiary/aromatic N) is 4. The summed E-state index contributed by atoms with van der Waals surface area (Å²) in [7, 11) is 3.51. The number of epoxide rings is 1. The number of hydrogen-bond donors (Lipinski definition) is 2. The molecule has 4 heterocycles. The number of rotatable bonds is 13. The monoisotopic (exact) mass is 990 g/mol. The van der Waals surface area contributed by atoms with E-state index in [2.05, 4.69) is 58.3 Å². The molecule has 6 rings (SSSR count). The van der Waals surface area contributed by atoms with Gasteiger partial charge in [0.05, 0.1) is 17.8 Å². The lowest BCUT2D eigenvalue weighted by atomic mass is 9.80. The molecule has 0 aromatic heterocycles. The number of likely N-dealkylation sites (N-methyl/N-ethyl adjacent to an activating group) is 1. The van der Waals surface area contributed by atoms with Gasteiger partial charge in [-0.3, -0.25) is 19.3 Å². The summed E-state index contributed by atoms with van der Waals surface area (Å²) in [4.78, 5) is 76.1. The number of carbonyl (C=O) groups is 5. The molecule has 1 N–H and O–H groups in total. The van der Waals surface area contributed by atoms with Crippen molar-refractivity contribution < 1.29 is 38.2 Å². The fraction of sp³-hybridized carbons (Fsp3) is 0.648. The number of allylic oxidation sites excluding steroid dienone is 5. The van der Waals surface area contributed by atoms with Crippen molar-refractivity contribution in [1.82, 2.24) is 20.0 Å². The predicted molar refractivity (Wildman–Crippen MR) is 277 cm³/mol. The summed E-state index contributed by atoms with van der Waals surface area (Å²) in [6, 6.07) is 3.20. The van der Waals surface area contributed by atoms with Gasteiger partial charge in [0.1, 0.15) is 23.9 Å². The molecule has 15 heteroatoms. The van der Waals surface area contributed by atoms with Crippen molar-refractivity contribution in [2.75, 3.05) is 37.8 Å². The van der Waals surface area contributed by atoms with Gasteiger partial charge in [-0.25, -0.2) is 9.59 Å². The molecule has 1 aliphatic carbocycles. The number of anilines is 1.